The van der Waals surface area contributed by atoms with E-state index >= 15 is 0 Å². The van der Waals surface area contributed by atoms with Crippen LogP contribution >= 0.6 is 7.82 Å². The Balaban J connectivity index is 3.75. The summed E-state index contributed by atoms with van der Waals surface area (Å²) >= 11 is 0. The first-order valence-corrected chi connectivity index (χ1v) is 16.5. The van der Waals surface area contributed by atoms with Crippen LogP contribution < -0.4 is 4.89 Å². The summed E-state index contributed by atoms with van der Waals surface area (Å²) in [5, 5.41) is 0. The fourth-order valence-electron chi connectivity index (χ4n) is 3.75. The molecule has 0 heterocycles. The van der Waals surface area contributed by atoms with Gasteiger partial charge in [-0.3, -0.25) is 9.36 Å². The maximum atomic E-state index is 12.0. The van der Waals surface area contributed by atoms with Crippen molar-refractivity contribution in [2.75, 3.05) is 54.1 Å². The summed E-state index contributed by atoms with van der Waals surface area (Å²) in [6.07, 6.45) is 25.3. The summed E-state index contributed by atoms with van der Waals surface area (Å²) in [5.41, 5.74) is 0. The second-order valence-electron chi connectivity index (χ2n) is 11.2. The van der Waals surface area contributed by atoms with E-state index in [0.717, 1.165) is 19.3 Å². The number of carbonyl (C=O) groups is 1. The molecule has 0 aliphatic heterocycles. The second-order valence-corrected chi connectivity index (χ2v) is 12.6. The third-order valence-electron chi connectivity index (χ3n) is 6.06. The van der Waals surface area contributed by atoms with Crippen LogP contribution in [0.2, 0.25) is 0 Å². The van der Waals surface area contributed by atoms with Crippen molar-refractivity contribution < 1.29 is 37.3 Å². The highest BCUT2D eigenvalue weighted by molar-refractivity contribution is 7.45. The summed E-state index contributed by atoms with van der Waals surface area (Å²) in [6.45, 7) is 4.34. The lowest BCUT2D eigenvalue weighted by molar-refractivity contribution is -0.870. The molecule has 0 spiro atoms. The fourth-order valence-corrected chi connectivity index (χ4v) is 4.48. The molecule has 9 heteroatoms. The van der Waals surface area contributed by atoms with E-state index in [-0.39, 0.29) is 19.8 Å². The molecule has 0 saturated heterocycles. The Bertz CT molecular complexity index is 691. The Morgan fingerprint density at radius 2 is 1.36 bits per heavy atom. The number of phosphoric acid groups is 1. The molecule has 2 unspecified atom stereocenters. The average molecular weight is 576 g/mol. The number of quaternary nitrogens is 1. The number of hydrogen-bond acceptors (Lipinski definition) is 7. The summed E-state index contributed by atoms with van der Waals surface area (Å²) < 4.78 is 33.1. The van der Waals surface area contributed by atoms with Crippen LogP contribution in [0.4, 0.5) is 0 Å². The summed E-state index contributed by atoms with van der Waals surface area (Å²) in [7, 11) is 1.34. The smallest absolute Gasteiger partial charge is 0.303 e. The minimum Gasteiger partial charge on any atom is -0.756 e. The van der Waals surface area contributed by atoms with Gasteiger partial charge in [-0.2, -0.15) is 0 Å². The normalized spacial score (nSPS) is 14.7. The zero-order valence-corrected chi connectivity index (χ0v) is 26.5. The van der Waals surface area contributed by atoms with Crippen LogP contribution in [-0.2, 0) is 27.9 Å². The maximum absolute atomic E-state index is 12.0. The second kappa shape index (κ2) is 24.8. The molecule has 0 aromatic heterocycles. The fraction of sp³-hybridized carbons (Fsp3) is 0.833. The van der Waals surface area contributed by atoms with Crippen LogP contribution in [-0.4, -0.2) is 70.7 Å². The predicted octanol–water partition coefficient (Wildman–Crippen LogP) is 6.74. The van der Waals surface area contributed by atoms with Gasteiger partial charge in [-0.05, 0) is 38.5 Å². The third kappa shape index (κ3) is 29.8. The highest BCUT2D eigenvalue weighted by Crippen LogP contribution is 2.38. The van der Waals surface area contributed by atoms with Gasteiger partial charge < -0.3 is 27.9 Å². The highest BCUT2D eigenvalue weighted by Gasteiger charge is 2.19. The Hall–Kier alpha value is -1.02. The SMILES string of the molecule is CCCCC/C=C\C/C=C\CCCCCCCCCCOCC(COP(=O)([O-])OCC[N+](C)(C)C)OC(C)=O. The lowest BCUT2D eigenvalue weighted by Gasteiger charge is -2.28. The Morgan fingerprint density at radius 3 is 1.92 bits per heavy atom. The molecule has 0 rings (SSSR count). The first-order chi connectivity index (χ1) is 18.6. The number of likely N-dealkylation sites (N-methyl/N-ethyl adjacent to an activating group) is 1. The van der Waals surface area contributed by atoms with Crippen molar-refractivity contribution in [3.63, 3.8) is 0 Å². The molecule has 230 valence electrons. The largest absolute Gasteiger partial charge is 0.756 e. The number of allylic oxidation sites excluding steroid dienone is 4. The number of hydrogen-bond donors (Lipinski definition) is 0. The zero-order chi connectivity index (χ0) is 29.2. The van der Waals surface area contributed by atoms with Crippen LogP contribution in [0.1, 0.15) is 104 Å². The molecule has 0 bridgehead atoms. The van der Waals surface area contributed by atoms with E-state index in [4.69, 9.17) is 18.5 Å². The number of rotatable bonds is 27. The van der Waals surface area contributed by atoms with E-state index < -0.39 is 19.9 Å². The van der Waals surface area contributed by atoms with Crippen molar-refractivity contribution in [3.05, 3.63) is 24.3 Å². The molecular formula is C30H58NO7P. The minimum absolute atomic E-state index is 0.0215. The number of ether oxygens (including phenoxy) is 2. The van der Waals surface area contributed by atoms with Crippen LogP contribution in [0.25, 0.3) is 0 Å². The van der Waals surface area contributed by atoms with Gasteiger partial charge in [0.05, 0.1) is 34.4 Å². The molecular weight excluding hydrogens is 517 g/mol. The van der Waals surface area contributed by atoms with Gasteiger partial charge in [0.2, 0.25) is 0 Å². The molecule has 2 atom stereocenters. The first-order valence-electron chi connectivity index (χ1n) is 15.0. The van der Waals surface area contributed by atoms with Gasteiger partial charge in [-0.25, -0.2) is 0 Å². The molecule has 0 radical (unpaired) electrons. The minimum atomic E-state index is -4.47. The number of nitrogens with zero attached hydrogens (tertiary/aromatic N) is 1. The molecule has 0 aromatic carbocycles. The van der Waals surface area contributed by atoms with Crippen LogP contribution in [0.5, 0.6) is 0 Å². The third-order valence-corrected chi connectivity index (χ3v) is 7.02. The predicted molar refractivity (Wildman–Crippen MR) is 157 cm³/mol. The molecule has 0 aliphatic carbocycles. The van der Waals surface area contributed by atoms with Crippen molar-refractivity contribution in [2.45, 2.75) is 110 Å². The molecule has 0 amide bonds. The number of esters is 1. The lowest BCUT2D eigenvalue weighted by Crippen LogP contribution is -2.37. The Labute approximate surface area is 239 Å². The molecule has 0 fully saturated rings. The lowest BCUT2D eigenvalue weighted by atomic mass is 10.1. The molecule has 8 nitrogen and oxygen atoms in total. The summed E-state index contributed by atoms with van der Waals surface area (Å²) in [4.78, 5) is 23.3. The molecule has 0 aliphatic rings. The van der Waals surface area contributed by atoms with Gasteiger partial charge in [0, 0.05) is 13.5 Å². The Morgan fingerprint density at radius 1 is 0.795 bits per heavy atom. The van der Waals surface area contributed by atoms with E-state index in [9.17, 15) is 14.3 Å². The van der Waals surface area contributed by atoms with E-state index in [1.807, 2.05) is 21.1 Å². The van der Waals surface area contributed by atoms with Crippen molar-refractivity contribution in [2.24, 2.45) is 0 Å². The van der Waals surface area contributed by atoms with E-state index in [0.29, 0.717) is 17.6 Å². The first kappa shape index (κ1) is 38.0. The highest BCUT2D eigenvalue weighted by atomic mass is 31.2. The van der Waals surface area contributed by atoms with Crippen molar-refractivity contribution in [3.8, 4) is 0 Å². The van der Waals surface area contributed by atoms with E-state index in [1.165, 1.54) is 77.6 Å². The monoisotopic (exact) mass is 575 g/mol. The summed E-state index contributed by atoms with van der Waals surface area (Å²) in [6, 6.07) is 0. The molecule has 0 aromatic rings. The molecule has 0 saturated carbocycles. The van der Waals surface area contributed by atoms with Crippen LogP contribution in [0.15, 0.2) is 24.3 Å². The Kier molecular flexibility index (Phi) is 24.1. The number of phosphoric ester groups is 1. The molecule has 0 N–H and O–H groups in total. The van der Waals surface area contributed by atoms with Gasteiger partial charge in [-0.15, -0.1) is 0 Å². The molecule has 39 heavy (non-hydrogen) atoms. The number of carbonyl (C=O) groups excluding carboxylic acids is 1. The van der Waals surface area contributed by atoms with Crippen molar-refractivity contribution >= 4 is 13.8 Å². The quantitative estimate of drug-likeness (QED) is 0.0352. The van der Waals surface area contributed by atoms with Crippen molar-refractivity contribution in [1.82, 2.24) is 0 Å². The van der Waals surface area contributed by atoms with Crippen LogP contribution in [0, 0.1) is 0 Å². The summed E-state index contributed by atoms with van der Waals surface area (Å²) in [5.74, 6) is -0.514. The van der Waals surface area contributed by atoms with Gasteiger partial charge in [0.25, 0.3) is 7.82 Å². The van der Waals surface area contributed by atoms with Crippen molar-refractivity contribution in [1.29, 1.82) is 0 Å². The van der Waals surface area contributed by atoms with Crippen LogP contribution in [0.3, 0.4) is 0 Å². The maximum Gasteiger partial charge on any atom is 0.303 e. The standard InChI is InChI=1S/C30H58NO7P/c1-6-7-8-9-10-11-12-13-14-15-16-17-18-19-20-21-22-23-25-35-27-30(38-29(2)32)28-37-39(33,34)36-26-24-31(3,4)5/h10-11,13-14,30H,6-9,12,15-28H2,1-5H3/b11-10-,14-13-. The number of unbranched alkanes of at least 4 members (excludes halogenated alkanes) is 11. The van der Waals surface area contributed by atoms with Gasteiger partial charge in [0.15, 0.2) is 0 Å². The zero-order valence-electron chi connectivity index (χ0n) is 25.6. The van der Waals surface area contributed by atoms with E-state index in [2.05, 4.69) is 31.2 Å². The van der Waals surface area contributed by atoms with Gasteiger partial charge in [0.1, 0.15) is 19.3 Å². The topological polar surface area (TPSA) is 94.1 Å². The van der Waals surface area contributed by atoms with Gasteiger partial charge >= 0.3 is 5.97 Å². The van der Waals surface area contributed by atoms with E-state index in [1.54, 1.807) is 0 Å². The average Bonchev–Trinajstić information content (AvgIpc) is 2.84. The van der Waals surface area contributed by atoms with Gasteiger partial charge in [-0.1, -0.05) is 82.6 Å².